The van der Waals surface area contributed by atoms with Crippen molar-refractivity contribution < 1.29 is 35.3 Å². The molecule has 1 fully saturated rings. The van der Waals surface area contributed by atoms with Crippen LogP contribution < -0.4 is 0 Å². The molecule has 0 aliphatic carbocycles. The van der Waals surface area contributed by atoms with Gasteiger partial charge in [-0.15, -0.1) is 0 Å². The Labute approximate surface area is 144 Å². The van der Waals surface area contributed by atoms with Gasteiger partial charge in [-0.05, 0) is 6.42 Å². The first-order valence-corrected chi connectivity index (χ1v) is 12.8. The predicted octanol–water partition coefficient (Wildman–Crippen LogP) is -3.19. The SMILES string of the molecule is CCC[N+]1(OC)[SiH2][N+](C)(OC)[SiH2][N+](C)(OC)[SiH2][N+](C)(OC)[SiH2]1. The molecule has 0 radical (unpaired) electrons. The summed E-state index contributed by atoms with van der Waals surface area (Å²) in [6.45, 7) is 3.31. The van der Waals surface area contributed by atoms with Crippen molar-refractivity contribution in [3.8, 4) is 0 Å². The molecule has 0 aromatic carbocycles. The standard InChI is InChI=1S/C10H36N4O4Si4/c1-9-10-14(18-8)21-12(3,16-6)19-11(2,15-5)20-13(4,17-7)22-14/h9-10,19-22H2,1-8H3/q+4. The van der Waals surface area contributed by atoms with E-state index in [1.165, 1.54) is 0 Å². The largest absolute Gasteiger partial charge is 0.530 e. The van der Waals surface area contributed by atoms with Crippen LogP contribution in [0.1, 0.15) is 13.3 Å². The van der Waals surface area contributed by atoms with Gasteiger partial charge in [-0.1, -0.05) is 6.92 Å². The fraction of sp³-hybridized carbons (Fsp3) is 1.00. The van der Waals surface area contributed by atoms with E-state index in [0.29, 0.717) is 0 Å². The van der Waals surface area contributed by atoms with E-state index in [1.807, 2.05) is 28.4 Å². The fourth-order valence-electron chi connectivity index (χ4n) is 3.64. The molecule has 1 heterocycles. The zero-order chi connectivity index (χ0) is 17.1. The van der Waals surface area contributed by atoms with Crippen molar-refractivity contribution in [3.63, 3.8) is 0 Å². The van der Waals surface area contributed by atoms with Gasteiger partial charge in [-0.25, -0.2) is 35.3 Å². The van der Waals surface area contributed by atoms with Crippen LogP contribution in [0.25, 0.3) is 0 Å². The van der Waals surface area contributed by atoms with Gasteiger partial charge in [0.05, 0.1) is 56.1 Å². The van der Waals surface area contributed by atoms with Crippen LogP contribution in [-0.4, -0.2) is 111 Å². The van der Waals surface area contributed by atoms with Crippen molar-refractivity contribution in [2.24, 2.45) is 0 Å². The van der Waals surface area contributed by atoms with Crippen LogP contribution >= 0.6 is 0 Å². The van der Waals surface area contributed by atoms with Crippen molar-refractivity contribution in [1.82, 2.24) is 0 Å². The summed E-state index contributed by atoms with van der Waals surface area (Å²) >= 11 is 0. The lowest BCUT2D eigenvalue weighted by atomic mass is 10.5. The lowest BCUT2D eigenvalue weighted by Crippen LogP contribution is -2.81. The van der Waals surface area contributed by atoms with E-state index < -0.39 is 39.4 Å². The van der Waals surface area contributed by atoms with Gasteiger partial charge in [0.2, 0.25) is 0 Å². The van der Waals surface area contributed by atoms with E-state index in [0.717, 1.165) is 28.9 Å². The minimum Gasteiger partial charge on any atom is -0.236 e. The van der Waals surface area contributed by atoms with Gasteiger partial charge in [0.15, 0.2) is 0 Å². The smallest absolute Gasteiger partial charge is 0.236 e. The number of nitrogens with zero attached hydrogens (tertiary/aromatic N) is 4. The molecule has 132 valence electrons. The van der Waals surface area contributed by atoms with Crippen molar-refractivity contribution in [2.75, 3.05) is 56.1 Å². The summed E-state index contributed by atoms with van der Waals surface area (Å²) < 4.78 is 3.07. The van der Waals surface area contributed by atoms with Crippen LogP contribution in [0.2, 0.25) is 0 Å². The third kappa shape index (κ3) is 4.78. The molecule has 2 unspecified atom stereocenters. The lowest BCUT2D eigenvalue weighted by molar-refractivity contribution is -1.10. The van der Waals surface area contributed by atoms with E-state index >= 15 is 0 Å². The van der Waals surface area contributed by atoms with Crippen LogP contribution in [0.3, 0.4) is 0 Å². The van der Waals surface area contributed by atoms with E-state index in [4.69, 9.17) is 19.4 Å². The molecule has 22 heavy (non-hydrogen) atoms. The van der Waals surface area contributed by atoms with Crippen molar-refractivity contribution in [3.05, 3.63) is 0 Å². The summed E-state index contributed by atoms with van der Waals surface area (Å²) in [6.07, 6.45) is 1.13. The Balaban J connectivity index is 3.26. The molecule has 1 aliphatic heterocycles. The Morgan fingerprint density at radius 2 is 1.00 bits per heavy atom. The summed E-state index contributed by atoms with van der Waals surface area (Å²) in [5, 5.41) is 0. The van der Waals surface area contributed by atoms with Crippen LogP contribution in [0, 0.1) is 0 Å². The molecule has 1 rings (SSSR count). The number of quaternary nitrogens is 4. The van der Waals surface area contributed by atoms with E-state index in [9.17, 15) is 0 Å². The Morgan fingerprint density at radius 1 is 0.636 bits per heavy atom. The Bertz CT molecular complexity index is 361. The third-order valence-corrected chi connectivity index (χ3v) is 16.8. The van der Waals surface area contributed by atoms with Gasteiger partial charge in [-0.3, -0.25) is 0 Å². The number of hydrogen-bond donors (Lipinski definition) is 0. The minimum atomic E-state index is -0.706. The number of rotatable bonds is 6. The van der Waals surface area contributed by atoms with Gasteiger partial charge in [-0.2, -0.15) is 0 Å². The average Bonchev–Trinajstić information content (AvgIpc) is 2.45. The number of hydrogen-bond acceptors (Lipinski definition) is 4. The average molecular weight is 389 g/mol. The normalized spacial score (nSPS) is 48.0. The molecule has 0 N–H and O–H groups in total. The molecule has 1 saturated heterocycles. The second kappa shape index (κ2) is 7.62. The van der Waals surface area contributed by atoms with Crippen LogP contribution in [0.5, 0.6) is 0 Å². The molecule has 8 nitrogen and oxygen atoms in total. The molecule has 0 aromatic heterocycles. The first-order valence-electron chi connectivity index (χ1n) is 7.76. The highest BCUT2D eigenvalue weighted by Gasteiger charge is 2.59. The highest BCUT2D eigenvalue weighted by molar-refractivity contribution is 6.46. The zero-order valence-electron chi connectivity index (χ0n) is 15.7. The maximum absolute atomic E-state index is 6.12. The number of hydroxylamine groups is 4. The molecule has 1 aliphatic rings. The Hall–Kier alpha value is 0.548. The van der Waals surface area contributed by atoms with Crippen molar-refractivity contribution in [1.29, 1.82) is 0 Å². The Morgan fingerprint density at radius 3 is 1.27 bits per heavy atom. The molecule has 2 atom stereocenters. The van der Waals surface area contributed by atoms with Gasteiger partial charge < -0.3 is 0 Å². The summed E-state index contributed by atoms with van der Waals surface area (Å²) in [6, 6.07) is 0. The topological polar surface area (TPSA) is 36.9 Å². The van der Waals surface area contributed by atoms with Crippen LogP contribution in [-0.2, 0) is 19.4 Å². The maximum atomic E-state index is 6.12. The van der Waals surface area contributed by atoms with E-state index in [-0.39, 0.29) is 0 Å². The molecule has 0 spiro atoms. The first kappa shape index (κ1) is 20.6. The lowest BCUT2D eigenvalue weighted by Gasteiger charge is -2.48. The molecule has 0 amide bonds. The molecule has 0 aromatic rings. The molecule has 0 bridgehead atoms. The molecule has 12 heteroatoms. The Kier molecular flexibility index (Phi) is 7.13. The first-order chi connectivity index (χ1) is 10.1. The van der Waals surface area contributed by atoms with Crippen LogP contribution in [0.4, 0.5) is 0 Å². The summed E-state index contributed by atoms with van der Waals surface area (Å²) in [7, 11) is 11.3. The molecular weight excluding hydrogens is 352 g/mol. The van der Waals surface area contributed by atoms with E-state index in [1.54, 1.807) is 0 Å². The molecule has 0 saturated carbocycles. The second-order valence-corrected chi connectivity index (χ2v) is 22.0. The zero-order valence-corrected chi connectivity index (χ0v) is 21.3. The maximum Gasteiger partial charge on any atom is 0.530 e. The predicted molar refractivity (Wildman–Crippen MR) is 96.2 cm³/mol. The summed E-state index contributed by atoms with van der Waals surface area (Å²) in [5.41, 5.74) is 0. The summed E-state index contributed by atoms with van der Waals surface area (Å²) in [5.74, 6) is 0. The minimum absolute atomic E-state index is 0.702. The van der Waals surface area contributed by atoms with Gasteiger partial charge >= 0.3 is 39.4 Å². The van der Waals surface area contributed by atoms with Crippen molar-refractivity contribution >= 4 is 39.4 Å². The fourth-order valence-corrected chi connectivity index (χ4v) is 24.8. The highest BCUT2D eigenvalue weighted by atomic mass is 28.4. The highest BCUT2D eigenvalue weighted by Crippen LogP contribution is 2.22. The quantitative estimate of drug-likeness (QED) is 0.449. The van der Waals surface area contributed by atoms with E-state index in [2.05, 4.69) is 28.1 Å². The molecular formula is C10H36N4O4Si4+4. The summed E-state index contributed by atoms with van der Waals surface area (Å²) in [4.78, 5) is 24.0. The van der Waals surface area contributed by atoms with Gasteiger partial charge in [0.1, 0.15) is 0 Å². The van der Waals surface area contributed by atoms with Crippen LogP contribution in [0.15, 0.2) is 0 Å². The van der Waals surface area contributed by atoms with Crippen molar-refractivity contribution in [2.45, 2.75) is 13.3 Å². The van der Waals surface area contributed by atoms with Gasteiger partial charge in [0.25, 0.3) is 0 Å². The third-order valence-electron chi connectivity index (χ3n) is 4.65. The second-order valence-electron chi connectivity index (χ2n) is 6.97. The monoisotopic (exact) mass is 388 g/mol. The van der Waals surface area contributed by atoms with Gasteiger partial charge in [0, 0.05) is 0 Å².